The number of halogens is 1. The molecular formula is C23H23FN4O. The number of anilines is 1. The summed E-state index contributed by atoms with van der Waals surface area (Å²) in [7, 11) is 0. The van der Waals surface area contributed by atoms with Gasteiger partial charge in [-0.1, -0.05) is 31.6 Å². The van der Waals surface area contributed by atoms with Crippen LogP contribution >= 0.6 is 0 Å². The van der Waals surface area contributed by atoms with Crippen LogP contribution in [0.2, 0.25) is 0 Å². The van der Waals surface area contributed by atoms with Crippen LogP contribution in [0.4, 0.5) is 10.2 Å². The maximum absolute atomic E-state index is 14.6. The van der Waals surface area contributed by atoms with Crippen molar-refractivity contribution in [2.24, 2.45) is 0 Å². The summed E-state index contributed by atoms with van der Waals surface area (Å²) in [5, 5.41) is 6.70. The van der Waals surface area contributed by atoms with Gasteiger partial charge in [0.15, 0.2) is 5.83 Å². The van der Waals surface area contributed by atoms with Gasteiger partial charge in [0.1, 0.15) is 12.1 Å². The smallest absolute Gasteiger partial charge is 0.243 e. The molecule has 2 aromatic rings. The first-order valence-corrected chi connectivity index (χ1v) is 9.55. The number of hydrogen-bond acceptors (Lipinski definition) is 4. The molecule has 148 valence electrons. The number of carbonyl (C=O) groups is 1. The Labute approximate surface area is 169 Å². The fourth-order valence-electron chi connectivity index (χ4n) is 3.31. The second-order valence-electron chi connectivity index (χ2n) is 6.77. The van der Waals surface area contributed by atoms with Crippen LogP contribution in [-0.4, -0.2) is 22.4 Å². The van der Waals surface area contributed by atoms with Gasteiger partial charge in [0.05, 0.1) is 11.2 Å². The zero-order chi connectivity index (χ0) is 20.8. The van der Waals surface area contributed by atoms with Crippen molar-refractivity contribution in [3.63, 3.8) is 0 Å². The molecule has 1 aromatic heterocycles. The summed E-state index contributed by atoms with van der Waals surface area (Å²) >= 11 is 0. The number of benzene rings is 1. The molecule has 1 aromatic carbocycles. The lowest BCUT2D eigenvalue weighted by Gasteiger charge is -2.18. The van der Waals surface area contributed by atoms with Gasteiger partial charge in [-0.3, -0.25) is 4.79 Å². The summed E-state index contributed by atoms with van der Waals surface area (Å²) in [5.74, 6) is 2.43. The predicted molar refractivity (Wildman–Crippen MR) is 114 cm³/mol. The number of aromatic nitrogens is 2. The van der Waals surface area contributed by atoms with Crippen LogP contribution in [-0.2, 0) is 4.79 Å². The van der Waals surface area contributed by atoms with Gasteiger partial charge in [-0.15, -0.1) is 6.42 Å². The highest BCUT2D eigenvalue weighted by Crippen LogP contribution is 2.30. The van der Waals surface area contributed by atoms with Crippen molar-refractivity contribution in [3.05, 3.63) is 65.9 Å². The Morgan fingerprint density at radius 2 is 2.28 bits per heavy atom. The summed E-state index contributed by atoms with van der Waals surface area (Å²) in [6.45, 7) is 6.03. The van der Waals surface area contributed by atoms with Crippen LogP contribution in [0, 0.1) is 12.3 Å². The van der Waals surface area contributed by atoms with E-state index in [0.717, 1.165) is 22.9 Å². The van der Waals surface area contributed by atoms with E-state index in [4.69, 9.17) is 6.42 Å². The summed E-state index contributed by atoms with van der Waals surface area (Å²) < 4.78 is 14.6. The van der Waals surface area contributed by atoms with E-state index in [9.17, 15) is 9.18 Å². The Hall–Kier alpha value is -3.46. The minimum absolute atomic E-state index is 0.120. The molecule has 0 saturated carbocycles. The Bertz CT molecular complexity index is 1050. The van der Waals surface area contributed by atoms with E-state index < -0.39 is 5.83 Å². The molecule has 1 aliphatic rings. The first kappa shape index (κ1) is 20.3. The number of allylic oxidation sites excluding steroid dienone is 3. The third-order valence-corrected chi connectivity index (χ3v) is 5.00. The highest BCUT2D eigenvalue weighted by molar-refractivity contribution is 5.90. The molecule has 29 heavy (non-hydrogen) atoms. The number of amides is 1. The summed E-state index contributed by atoms with van der Waals surface area (Å²) in [6, 6.07) is 5.88. The molecule has 0 spiro atoms. The SMILES string of the molecule is C#CC1=C(F)C(Nc2ncnc3ccc(C(CC)CNC(=O)C=C)cc23)=CCC1. The first-order valence-electron chi connectivity index (χ1n) is 9.55. The predicted octanol–water partition coefficient (Wildman–Crippen LogP) is 4.37. The van der Waals surface area contributed by atoms with Crippen molar-refractivity contribution in [3.8, 4) is 12.3 Å². The molecule has 1 unspecified atom stereocenters. The molecule has 1 heterocycles. The molecule has 6 heteroatoms. The number of nitrogens with one attached hydrogen (secondary N) is 2. The third kappa shape index (κ3) is 4.52. The highest BCUT2D eigenvalue weighted by atomic mass is 19.1. The van der Waals surface area contributed by atoms with Crippen molar-refractivity contribution in [1.82, 2.24) is 15.3 Å². The third-order valence-electron chi connectivity index (χ3n) is 5.00. The van der Waals surface area contributed by atoms with Crippen LogP contribution in [0.5, 0.6) is 0 Å². The Balaban J connectivity index is 1.93. The zero-order valence-electron chi connectivity index (χ0n) is 16.3. The second-order valence-corrected chi connectivity index (χ2v) is 6.77. The van der Waals surface area contributed by atoms with Gasteiger partial charge in [0, 0.05) is 23.4 Å². The van der Waals surface area contributed by atoms with Gasteiger partial charge >= 0.3 is 0 Å². The molecule has 1 aliphatic carbocycles. The lowest BCUT2D eigenvalue weighted by Crippen LogP contribution is -2.26. The molecule has 3 rings (SSSR count). The van der Waals surface area contributed by atoms with Gasteiger partial charge in [0.2, 0.25) is 5.91 Å². The van der Waals surface area contributed by atoms with Crippen LogP contribution in [0.25, 0.3) is 10.9 Å². The van der Waals surface area contributed by atoms with Crippen LogP contribution < -0.4 is 10.6 Å². The highest BCUT2D eigenvalue weighted by Gasteiger charge is 2.17. The van der Waals surface area contributed by atoms with Gasteiger partial charge in [0.25, 0.3) is 0 Å². The number of fused-ring (bicyclic) bond motifs is 1. The average molecular weight is 390 g/mol. The van der Waals surface area contributed by atoms with E-state index in [-0.39, 0.29) is 11.8 Å². The molecule has 0 saturated heterocycles. The van der Waals surface area contributed by atoms with Gasteiger partial charge in [-0.05, 0) is 43.0 Å². The normalized spacial score (nSPS) is 14.7. The fraction of sp³-hybridized carbons (Fsp3) is 0.261. The zero-order valence-corrected chi connectivity index (χ0v) is 16.3. The molecule has 0 bridgehead atoms. The van der Waals surface area contributed by atoms with Gasteiger partial charge in [-0.2, -0.15) is 0 Å². The molecule has 0 aliphatic heterocycles. The summed E-state index contributed by atoms with van der Waals surface area (Å²) in [4.78, 5) is 20.1. The lowest BCUT2D eigenvalue weighted by atomic mass is 9.95. The molecule has 5 nitrogen and oxygen atoms in total. The van der Waals surface area contributed by atoms with E-state index >= 15 is 0 Å². The Kier molecular flexibility index (Phi) is 6.40. The van der Waals surface area contributed by atoms with E-state index in [1.54, 1.807) is 6.08 Å². The van der Waals surface area contributed by atoms with E-state index in [0.29, 0.717) is 36.5 Å². The lowest BCUT2D eigenvalue weighted by molar-refractivity contribution is -0.116. The van der Waals surface area contributed by atoms with Crippen molar-refractivity contribution in [1.29, 1.82) is 0 Å². The van der Waals surface area contributed by atoms with E-state index in [1.807, 2.05) is 18.2 Å². The quantitative estimate of drug-likeness (QED) is 0.544. The Morgan fingerprint density at radius 1 is 1.45 bits per heavy atom. The molecule has 1 atom stereocenters. The topological polar surface area (TPSA) is 66.9 Å². The summed E-state index contributed by atoms with van der Waals surface area (Å²) in [5.41, 5.74) is 2.48. The maximum atomic E-state index is 14.6. The number of terminal acetylenes is 1. The van der Waals surface area contributed by atoms with E-state index in [2.05, 4.69) is 40.0 Å². The van der Waals surface area contributed by atoms with Crippen LogP contribution in [0.3, 0.4) is 0 Å². The largest absolute Gasteiger partial charge is 0.352 e. The number of hydrogen-bond donors (Lipinski definition) is 2. The molecule has 0 radical (unpaired) electrons. The Morgan fingerprint density at radius 3 is 3.00 bits per heavy atom. The standard InChI is InChI=1S/C23H23FN4O/c1-4-15-8-7-9-20(22(15)24)28-23-18-12-17(10-11-19(18)26-14-27-23)16(5-2)13-25-21(29)6-3/h1,6,9-12,14,16H,3,5,7-8,13H2,2H3,(H,25,29)(H,26,27,28). The van der Waals surface area contributed by atoms with Crippen molar-refractivity contribution in [2.75, 3.05) is 11.9 Å². The monoisotopic (exact) mass is 390 g/mol. The minimum atomic E-state index is -0.416. The van der Waals surface area contributed by atoms with Gasteiger partial charge < -0.3 is 10.6 Å². The number of nitrogens with zero attached hydrogens (tertiary/aromatic N) is 2. The minimum Gasteiger partial charge on any atom is -0.352 e. The molecule has 2 N–H and O–H groups in total. The number of rotatable bonds is 7. The molecule has 0 fully saturated rings. The van der Waals surface area contributed by atoms with Crippen molar-refractivity contribution in [2.45, 2.75) is 32.1 Å². The van der Waals surface area contributed by atoms with Crippen LogP contribution in [0.1, 0.15) is 37.7 Å². The molecular weight excluding hydrogens is 367 g/mol. The second kappa shape index (κ2) is 9.16. The average Bonchev–Trinajstić information content (AvgIpc) is 2.75. The first-order chi connectivity index (χ1) is 14.1. The van der Waals surface area contributed by atoms with E-state index in [1.165, 1.54) is 12.4 Å². The van der Waals surface area contributed by atoms with Crippen molar-refractivity contribution < 1.29 is 9.18 Å². The van der Waals surface area contributed by atoms with Crippen molar-refractivity contribution >= 4 is 22.6 Å². The fourth-order valence-corrected chi connectivity index (χ4v) is 3.31. The van der Waals surface area contributed by atoms with Crippen LogP contribution in [0.15, 0.2) is 60.4 Å². The summed E-state index contributed by atoms with van der Waals surface area (Å²) in [6.07, 6.45) is 11.9. The molecule has 1 amide bonds. The van der Waals surface area contributed by atoms with Gasteiger partial charge in [-0.25, -0.2) is 14.4 Å². The number of carbonyl (C=O) groups excluding carboxylic acids is 1. The maximum Gasteiger partial charge on any atom is 0.243 e.